The minimum atomic E-state index is -0.188. The third-order valence-electron chi connectivity index (χ3n) is 5.09. The van der Waals surface area contributed by atoms with Crippen molar-refractivity contribution >= 4 is 22.5 Å². The van der Waals surface area contributed by atoms with E-state index in [4.69, 9.17) is 0 Å². The van der Waals surface area contributed by atoms with Crippen LogP contribution in [0.1, 0.15) is 35.1 Å². The van der Waals surface area contributed by atoms with Gasteiger partial charge in [0.15, 0.2) is 0 Å². The van der Waals surface area contributed by atoms with Crippen LogP contribution in [0.3, 0.4) is 0 Å². The monoisotopic (exact) mass is 363 g/mol. The Kier molecular flexibility index (Phi) is 4.58. The summed E-state index contributed by atoms with van der Waals surface area (Å²) in [4.78, 5) is 38.0. The molecule has 1 saturated heterocycles. The van der Waals surface area contributed by atoms with Gasteiger partial charge < -0.3 is 15.2 Å². The summed E-state index contributed by atoms with van der Waals surface area (Å²) in [6.45, 7) is 1.70. The zero-order valence-electron chi connectivity index (χ0n) is 15.1. The van der Waals surface area contributed by atoms with E-state index in [2.05, 4.69) is 25.2 Å². The largest absolute Gasteiger partial charge is 0.370 e. The topological polar surface area (TPSA) is 91.0 Å². The molecule has 0 saturated carbocycles. The standard InChI is InChI=1S/C20H21N5O2/c1-21-20(27)17-7-6-14(12-22-17)25-10-8-13(9-11-25)18-23-16-5-3-2-4-15(16)19(26)24-18/h2-7,12-13H,8-11H2,1H3,(H,21,27)(H,23,24,26). The van der Waals surface area contributed by atoms with Crippen LogP contribution in [0, 0.1) is 0 Å². The molecule has 3 aromatic rings. The van der Waals surface area contributed by atoms with E-state index in [1.54, 1.807) is 25.4 Å². The molecule has 1 aromatic carbocycles. The van der Waals surface area contributed by atoms with Crippen LogP contribution in [0.2, 0.25) is 0 Å². The van der Waals surface area contributed by atoms with Gasteiger partial charge in [0.25, 0.3) is 11.5 Å². The van der Waals surface area contributed by atoms with Gasteiger partial charge >= 0.3 is 0 Å². The van der Waals surface area contributed by atoms with Gasteiger partial charge in [0, 0.05) is 26.1 Å². The molecule has 138 valence electrons. The summed E-state index contributed by atoms with van der Waals surface area (Å²) < 4.78 is 0. The highest BCUT2D eigenvalue weighted by atomic mass is 16.1. The van der Waals surface area contributed by atoms with E-state index in [-0.39, 0.29) is 17.4 Å². The zero-order chi connectivity index (χ0) is 18.8. The van der Waals surface area contributed by atoms with Gasteiger partial charge in [-0.1, -0.05) is 12.1 Å². The van der Waals surface area contributed by atoms with Crippen molar-refractivity contribution < 1.29 is 4.79 Å². The number of amides is 1. The van der Waals surface area contributed by atoms with Crippen LogP contribution >= 0.6 is 0 Å². The van der Waals surface area contributed by atoms with Gasteiger partial charge in [-0.05, 0) is 37.1 Å². The predicted molar refractivity (Wildman–Crippen MR) is 104 cm³/mol. The molecule has 0 radical (unpaired) electrons. The number of anilines is 1. The third kappa shape index (κ3) is 3.40. The second kappa shape index (κ2) is 7.19. The Hall–Kier alpha value is -3.22. The number of hydrogen-bond acceptors (Lipinski definition) is 5. The summed E-state index contributed by atoms with van der Waals surface area (Å²) in [6.07, 6.45) is 3.54. The number of pyridine rings is 1. The summed E-state index contributed by atoms with van der Waals surface area (Å²) >= 11 is 0. The van der Waals surface area contributed by atoms with Crippen LogP contribution in [0.25, 0.3) is 10.9 Å². The van der Waals surface area contributed by atoms with Crippen LogP contribution in [0.15, 0.2) is 47.4 Å². The molecule has 0 spiro atoms. The van der Waals surface area contributed by atoms with Gasteiger partial charge in [-0.25, -0.2) is 9.97 Å². The molecule has 27 heavy (non-hydrogen) atoms. The number of para-hydroxylation sites is 1. The van der Waals surface area contributed by atoms with Gasteiger partial charge in [-0.2, -0.15) is 0 Å². The normalized spacial score (nSPS) is 15.1. The quantitative estimate of drug-likeness (QED) is 0.743. The minimum absolute atomic E-state index is 0.0768. The molecule has 2 aromatic heterocycles. The first-order valence-electron chi connectivity index (χ1n) is 9.08. The van der Waals surface area contributed by atoms with Crippen LogP contribution in [0.5, 0.6) is 0 Å². The molecular formula is C20H21N5O2. The van der Waals surface area contributed by atoms with Crippen molar-refractivity contribution in [3.8, 4) is 0 Å². The molecule has 0 aliphatic carbocycles. The van der Waals surface area contributed by atoms with Crippen molar-refractivity contribution in [3.63, 3.8) is 0 Å². The van der Waals surface area contributed by atoms with Crippen LogP contribution in [0.4, 0.5) is 5.69 Å². The maximum absolute atomic E-state index is 12.3. The second-order valence-corrected chi connectivity index (χ2v) is 6.71. The number of aromatic nitrogens is 3. The van der Waals surface area contributed by atoms with E-state index in [0.29, 0.717) is 11.1 Å². The number of carbonyl (C=O) groups excluding carboxylic acids is 1. The highest BCUT2D eigenvalue weighted by Gasteiger charge is 2.23. The fourth-order valence-electron chi connectivity index (χ4n) is 3.54. The molecule has 1 aliphatic heterocycles. The fraction of sp³-hybridized carbons (Fsp3) is 0.300. The molecule has 0 atom stereocenters. The highest BCUT2D eigenvalue weighted by Crippen LogP contribution is 2.28. The number of benzene rings is 1. The second-order valence-electron chi connectivity index (χ2n) is 6.71. The fourth-order valence-corrected chi connectivity index (χ4v) is 3.54. The molecule has 1 amide bonds. The summed E-state index contributed by atoms with van der Waals surface area (Å²) in [5.74, 6) is 0.815. The van der Waals surface area contributed by atoms with Gasteiger partial charge in [0.1, 0.15) is 11.5 Å². The van der Waals surface area contributed by atoms with Crippen molar-refractivity contribution in [2.45, 2.75) is 18.8 Å². The van der Waals surface area contributed by atoms with E-state index >= 15 is 0 Å². The average Bonchev–Trinajstić information content (AvgIpc) is 2.73. The first kappa shape index (κ1) is 17.2. The molecule has 0 bridgehead atoms. The first-order valence-corrected chi connectivity index (χ1v) is 9.08. The van der Waals surface area contributed by atoms with Gasteiger partial charge in [-0.15, -0.1) is 0 Å². The number of carbonyl (C=O) groups is 1. The van der Waals surface area contributed by atoms with Crippen molar-refractivity contribution in [1.29, 1.82) is 0 Å². The summed E-state index contributed by atoms with van der Waals surface area (Å²) in [5, 5.41) is 3.20. The first-order chi connectivity index (χ1) is 13.2. The van der Waals surface area contributed by atoms with Gasteiger partial charge in [0.05, 0.1) is 22.8 Å². The molecule has 2 N–H and O–H groups in total. The molecule has 7 heteroatoms. The lowest BCUT2D eigenvalue weighted by molar-refractivity contribution is 0.0958. The van der Waals surface area contributed by atoms with E-state index < -0.39 is 0 Å². The maximum atomic E-state index is 12.3. The Bertz CT molecular complexity index is 1020. The number of rotatable bonds is 3. The molecule has 0 unspecified atom stereocenters. The Morgan fingerprint density at radius 3 is 2.67 bits per heavy atom. The SMILES string of the molecule is CNC(=O)c1ccc(N2CCC(c3nc4ccccc4c(=O)[nH]3)CC2)cn1. The molecule has 7 nitrogen and oxygen atoms in total. The summed E-state index contributed by atoms with van der Waals surface area (Å²) in [7, 11) is 1.59. The smallest absolute Gasteiger partial charge is 0.269 e. The number of fused-ring (bicyclic) bond motifs is 1. The number of hydrogen-bond donors (Lipinski definition) is 2. The van der Waals surface area contributed by atoms with Gasteiger partial charge in [0.2, 0.25) is 0 Å². The Labute approximate surface area is 156 Å². The molecular weight excluding hydrogens is 342 g/mol. The number of H-pyrrole nitrogens is 1. The van der Waals surface area contributed by atoms with Crippen molar-refractivity contribution in [2.75, 3.05) is 25.0 Å². The average molecular weight is 363 g/mol. The van der Waals surface area contributed by atoms with Crippen LogP contribution in [-0.2, 0) is 0 Å². The number of nitrogens with zero attached hydrogens (tertiary/aromatic N) is 3. The minimum Gasteiger partial charge on any atom is -0.370 e. The third-order valence-corrected chi connectivity index (χ3v) is 5.09. The number of aromatic amines is 1. The van der Waals surface area contributed by atoms with Gasteiger partial charge in [-0.3, -0.25) is 9.59 Å². The predicted octanol–water partition coefficient (Wildman–Crippen LogP) is 2.06. The lowest BCUT2D eigenvalue weighted by atomic mass is 9.95. The van der Waals surface area contributed by atoms with Crippen molar-refractivity contribution in [1.82, 2.24) is 20.3 Å². The molecule has 4 rings (SSSR count). The highest BCUT2D eigenvalue weighted by molar-refractivity contribution is 5.92. The summed E-state index contributed by atoms with van der Waals surface area (Å²) in [6, 6.07) is 11.1. The van der Waals surface area contributed by atoms with Crippen molar-refractivity contribution in [2.24, 2.45) is 0 Å². The van der Waals surface area contributed by atoms with Crippen molar-refractivity contribution in [3.05, 3.63) is 64.5 Å². The number of piperidine rings is 1. The zero-order valence-corrected chi connectivity index (χ0v) is 15.1. The lowest BCUT2D eigenvalue weighted by Crippen LogP contribution is -2.34. The lowest BCUT2D eigenvalue weighted by Gasteiger charge is -2.33. The van der Waals surface area contributed by atoms with E-state index in [9.17, 15) is 9.59 Å². The number of nitrogens with one attached hydrogen (secondary N) is 2. The molecule has 3 heterocycles. The van der Waals surface area contributed by atoms with E-state index in [1.165, 1.54) is 0 Å². The van der Waals surface area contributed by atoms with Crippen LogP contribution < -0.4 is 15.8 Å². The van der Waals surface area contributed by atoms with E-state index in [1.807, 2.05) is 24.3 Å². The Balaban J connectivity index is 1.47. The van der Waals surface area contributed by atoms with E-state index in [0.717, 1.165) is 43.0 Å². The molecule has 1 aliphatic rings. The maximum Gasteiger partial charge on any atom is 0.269 e. The Morgan fingerprint density at radius 1 is 1.19 bits per heavy atom. The Morgan fingerprint density at radius 2 is 1.96 bits per heavy atom. The molecule has 1 fully saturated rings. The summed E-state index contributed by atoms with van der Waals surface area (Å²) in [5.41, 5.74) is 2.08. The van der Waals surface area contributed by atoms with Crippen LogP contribution in [-0.4, -0.2) is 41.0 Å².